The molecule has 4 N–H and O–H groups in total. The van der Waals surface area contributed by atoms with Gasteiger partial charge in [-0.1, -0.05) is 5.92 Å². The van der Waals surface area contributed by atoms with E-state index in [9.17, 15) is 9.90 Å². The van der Waals surface area contributed by atoms with Gasteiger partial charge in [-0.25, -0.2) is 0 Å². The number of carbonyl (C=O) groups is 1. The average molecular weight is 218 g/mol. The fourth-order valence-corrected chi connectivity index (χ4v) is 0.948. The van der Waals surface area contributed by atoms with Crippen LogP contribution in [0, 0.1) is 12.3 Å². The molecular weight excluding hydrogens is 204 g/mol. The van der Waals surface area contributed by atoms with Gasteiger partial charge in [0.2, 0.25) is 0 Å². The molecule has 4 unspecified atom stereocenters. The number of aldehydes is 1. The van der Waals surface area contributed by atoms with E-state index in [-0.39, 0.29) is 12.9 Å². The smallest absolute Gasteiger partial charge is 0.151 e. The number of rotatable bonds is 7. The van der Waals surface area contributed by atoms with E-state index in [0.717, 1.165) is 0 Å². The van der Waals surface area contributed by atoms with Crippen molar-refractivity contribution in [2.45, 2.75) is 24.4 Å². The molecule has 0 aliphatic heterocycles. The molecule has 0 aromatic rings. The molecule has 0 saturated carbocycles. The molecule has 6 nitrogen and oxygen atoms in total. The lowest BCUT2D eigenvalue weighted by molar-refractivity contribution is -0.146. The summed E-state index contributed by atoms with van der Waals surface area (Å²) in [5, 5.41) is 36.2. The van der Waals surface area contributed by atoms with E-state index < -0.39 is 31.0 Å². The highest BCUT2D eigenvalue weighted by Crippen LogP contribution is 2.08. The second-order valence-corrected chi connectivity index (χ2v) is 2.85. The summed E-state index contributed by atoms with van der Waals surface area (Å²) in [5.41, 5.74) is 0. The molecular formula is C9H14O6. The van der Waals surface area contributed by atoms with Crippen LogP contribution in [0.1, 0.15) is 0 Å². The lowest BCUT2D eigenvalue weighted by Crippen LogP contribution is -2.48. The fraction of sp³-hybridized carbons (Fsp3) is 0.667. The maximum atomic E-state index is 10.3. The Morgan fingerprint density at radius 2 is 2.00 bits per heavy atom. The maximum absolute atomic E-state index is 10.3. The van der Waals surface area contributed by atoms with Crippen LogP contribution in [-0.4, -0.2) is 64.3 Å². The first-order valence-corrected chi connectivity index (χ1v) is 4.23. The number of carbonyl (C=O) groups excluding carboxylic acids is 1. The van der Waals surface area contributed by atoms with Crippen LogP contribution in [0.4, 0.5) is 0 Å². The predicted octanol–water partition coefficient (Wildman–Crippen LogP) is -2.72. The molecule has 0 saturated heterocycles. The minimum absolute atomic E-state index is 0.147. The van der Waals surface area contributed by atoms with E-state index in [4.69, 9.17) is 26.5 Å². The number of aliphatic hydroxyl groups excluding tert-OH is 4. The molecule has 0 bridgehead atoms. The third-order valence-electron chi connectivity index (χ3n) is 1.75. The number of terminal acetylenes is 1. The number of hydrogen-bond acceptors (Lipinski definition) is 6. The summed E-state index contributed by atoms with van der Waals surface area (Å²) < 4.78 is 4.79. The van der Waals surface area contributed by atoms with Crippen LogP contribution in [0.25, 0.3) is 0 Å². The van der Waals surface area contributed by atoms with E-state index in [2.05, 4.69) is 5.92 Å². The summed E-state index contributed by atoms with van der Waals surface area (Å²) in [5.74, 6) is 2.08. The number of hydrogen-bond donors (Lipinski definition) is 4. The summed E-state index contributed by atoms with van der Waals surface area (Å²) in [6.45, 7) is -0.951. The van der Waals surface area contributed by atoms with Gasteiger partial charge in [-0.2, -0.15) is 0 Å². The van der Waals surface area contributed by atoms with Crippen molar-refractivity contribution in [3.63, 3.8) is 0 Å². The maximum Gasteiger partial charge on any atom is 0.151 e. The Morgan fingerprint density at radius 3 is 2.40 bits per heavy atom. The highest BCUT2D eigenvalue weighted by Gasteiger charge is 2.32. The van der Waals surface area contributed by atoms with Crippen molar-refractivity contribution in [3.05, 3.63) is 0 Å². The van der Waals surface area contributed by atoms with Gasteiger partial charge in [0, 0.05) is 0 Å². The van der Waals surface area contributed by atoms with Crippen LogP contribution < -0.4 is 0 Å². The third-order valence-corrected chi connectivity index (χ3v) is 1.75. The predicted molar refractivity (Wildman–Crippen MR) is 49.7 cm³/mol. The second kappa shape index (κ2) is 7.34. The van der Waals surface area contributed by atoms with Crippen molar-refractivity contribution in [1.82, 2.24) is 0 Å². The summed E-state index contributed by atoms with van der Waals surface area (Å²) in [7, 11) is 0. The van der Waals surface area contributed by atoms with Crippen molar-refractivity contribution in [2.24, 2.45) is 0 Å². The van der Waals surface area contributed by atoms with Crippen LogP contribution in [-0.2, 0) is 9.53 Å². The lowest BCUT2D eigenvalue weighted by atomic mass is 10.0. The molecule has 0 aromatic heterocycles. The zero-order valence-corrected chi connectivity index (χ0v) is 7.98. The topological polar surface area (TPSA) is 107 Å². The molecule has 6 heteroatoms. The molecule has 0 fully saturated rings. The first-order valence-electron chi connectivity index (χ1n) is 4.23. The van der Waals surface area contributed by atoms with Crippen LogP contribution in [0.15, 0.2) is 0 Å². The van der Waals surface area contributed by atoms with Crippen LogP contribution in [0.5, 0.6) is 0 Å². The molecule has 4 atom stereocenters. The standard InChI is InChI=1S/C9H14O6/c1-2-3-15-9(7(13)5-11)8(14)6(12)4-10/h1,5-10,12-14H,3-4H2. The average Bonchev–Trinajstić information content (AvgIpc) is 2.27. The van der Waals surface area contributed by atoms with E-state index in [0.29, 0.717) is 0 Å². The van der Waals surface area contributed by atoms with Gasteiger partial charge in [0.15, 0.2) is 6.29 Å². The first kappa shape index (κ1) is 14.0. The third kappa shape index (κ3) is 4.38. The zero-order chi connectivity index (χ0) is 11.8. The number of aliphatic hydroxyl groups is 4. The molecule has 0 spiro atoms. The van der Waals surface area contributed by atoms with Crippen molar-refractivity contribution >= 4 is 6.29 Å². The molecule has 0 aromatic carbocycles. The van der Waals surface area contributed by atoms with Crippen molar-refractivity contribution in [3.8, 4) is 12.3 Å². The fourth-order valence-electron chi connectivity index (χ4n) is 0.948. The van der Waals surface area contributed by atoms with E-state index in [1.807, 2.05) is 0 Å². The van der Waals surface area contributed by atoms with Gasteiger partial charge in [-0.05, 0) is 0 Å². The van der Waals surface area contributed by atoms with Crippen LogP contribution >= 0.6 is 0 Å². The molecule has 0 aliphatic carbocycles. The van der Waals surface area contributed by atoms with Crippen LogP contribution in [0.3, 0.4) is 0 Å². The minimum Gasteiger partial charge on any atom is -0.394 e. The van der Waals surface area contributed by atoms with Gasteiger partial charge in [0.25, 0.3) is 0 Å². The Kier molecular flexibility index (Phi) is 6.86. The summed E-state index contributed by atoms with van der Waals surface area (Å²) in [6.07, 6.45) is -1.05. The Balaban J connectivity index is 4.47. The Morgan fingerprint density at radius 1 is 1.40 bits per heavy atom. The Bertz CT molecular complexity index is 223. The van der Waals surface area contributed by atoms with Gasteiger partial charge >= 0.3 is 0 Å². The molecule has 0 rings (SSSR count). The quantitative estimate of drug-likeness (QED) is 0.273. The summed E-state index contributed by atoms with van der Waals surface area (Å²) in [4.78, 5) is 10.3. The molecule has 0 radical (unpaired) electrons. The van der Waals surface area contributed by atoms with Gasteiger partial charge < -0.3 is 30.0 Å². The van der Waals surface area contributed by atoms with E-state index in [1.54, 1.807) is 0 Å². The summed E-state index contributed by atoms with van der Waals surface area (Å²) >= 11 is 0. The Labute approximate surface area is 87.1 Å². The molecule has 0 heterocycles. The highest BCUT2D eigenvalue weighted by molar-refractivity contribution is 5.56. The van der Waals surface area contributed by atoms with E-state index >= 15 is 0 Å². The first-order chi connectivity index (χ1) is 7.08. The minimum atomic E-state index is -1.62. The van der Waals surface area contributed by atoms with Crippen LogP contribution in [0.2, 0.25) is 0 Å². The Hall–Kier alpha value is -0.970. The molecule has 0 aliphatic rings. The largest absolute Gasteiger partial charge is 0.394 e. The lowest BCUT2D eigenvalue weighted by Gasteiger charge is -2.26. The van der Waals surface area contributed by atoms with Gasteiger partial charge in [-0.3, -0.25) is 0 Å². The van der Waals surface area contributed by atoms with Gasteiger partial charge in [0.05, 0.1) is 6.61 Å². The normalized spacial score (nSPS) is 18.6. The summed E-state index contributed by atoms with van der Waals surface area (Å²) in [6, 6.07) is 0. The van der Waals surface area contributed by atoms with Crippen molar-refractivity contribution in [1.29, 1.82) is 0 Å². The van der Waals surface area contributed by atoms with Gasteiger partial charge in [0.1, 0.15) is 31.0 Å². The monoisotopic (exact) mass is 218 g/mol. The molecule has 15 heavy (non-hydrogen) atoms. The highest BCUT2D eigenvalue weighted by atomic mass is 16.5. The SMILES string of the molecule is C#CCOC(C(O)C=O)C(O)C(O)CO. The van der Waals surface area contributed by atoms with Crippen molar-refractivity contribution in [2.75, 3.05) is 13.2 Å². The van der Waals surface area contributed by atoms with E-state index in [1.165, 1.54) is 0 Å². The molecule has 0 amide bonds. The second-order valence-electron chi connectivity index (χ2n) is 2.85. The molecule has 86 valence electrons. The van der Waals surface area contributed by atoms with Gasteiger partial charge in [-0.15, -0.1) is 6.42 Å². The number of ether oxygens (including phenoxy) is 1. The van der Waals surface area contributed by atoms with Crippen molar-refractivity contribution < 1.29 is 30.0 Å². The zero-order valence-electron chi connectivity index (χ0n) is 7.98.